The van der Waals surface area contributed by atoms with Crippen molar-refractivity contribution in [3.63, 3.8) is 0 Å². The minimum Gasteiger partial charge on any atom is -0.487 e. The standard InChI is InChI=1S/C18H23FO/c1-13-15(6-3-2-5-14-9-10-14)11-12-17(18(13)19)20-16-7-4-8-16/h2,5,11-12,14,16H,3-4,6-10H2,1H3/b5-2+. The molecule has 0 bridgehead atoms. The van der Waals surface area contributed by atoms with Gasteiger partial charge in [0.2, 0.25) is 0 Å². The van der Waals surface area contributed by atoms with E-state index in [1.807, 2.05) is 13.0 Å². The van der Waals surface area contributed by atoms with E-state index in [0.29, 0.717) is 5.75 Å². The molecular formula is C18H23FO. The zero-order chi connectivity index (χ0) is 13.9. The summed E-state index contributed by atoms with van der Waals surface area (Å²) in [7, 11) is 0. The van der Waals surface area contributed by atoms with E-state index in [-0.39, 0.29) is 11.9 Å². The molecule has 0 heterocycles. The topological polar surface area (TPSA) is 9.23 Å². The molecule has 0 spiro atoms. The van der Waals surface area contributed by atoms with Gasteiger partial charge in [0.05, 0.1) is 6.10 Å². The van der Waals surface area contributed by atoms with Crippen LogP contribution in [0.25, 0.3) is 0 Å². The Morgan fingerprint density at radius 3 is 2.70 bits per heavy atom. The summed E-state index contributed by atoms with van der Waals surface area (Å²) in [5, 5.41) is 0. The predicted molar refractivity (Wildman–Crippen MR) is 79.6 cm³/mol. The van der Waals surface area contributed by atoms with Crippen LogP contribution in [0.1, 0.15) is 49.7 Å². The van der Waals surface area contributed by atoms with E-state index < -0.39 is 0 Å². The molecule has 2 heteroatoms. The summed E-state index contributed by atoms with van der Waals surface area (Å²) in [6.45, 7) is 1.86. The van der Waals surface area contributed by atoms with Crippen LogP contribution in [0.15, 0.2) is 24.3 Å². The van der Waals surface area contributed by atoms with Crippen LogP contribution in [0.4, 0.5) is 4.39 Å². The second-order valence-corrected chi connectivity index (χ2v) is 6.14. The van der Waals surface area contributed by atoms with E-state index in [2.05, 4.69) is 12.2 Å². The van der Waals surface area contributed by atoms with Crippen LogP contribution in [-0.4, -0.2) is 6.10 Å². The molecule has 0 amide bonds. The van der Waals surface area contributed by atoms with Gasteiger partial charge in [0.1, 0.15) is 0 Å². The van der Waals surface area contributed by atoms with E-state index in [9.17, 15) is 4.39 Å². The lowest BCUT2D eigenvalue weighted by Gasteiger charge is -2.27. The summed E-state index contributed by atoms with van der Waals surface area (Å²) < 4.78 is 20.0. The molecule has 1 nitrogen and oxygen atoms in total. The highest BCUT2D eigenvalue weighted by Gasteiger charge is 2.21. The van der Waals surface area contributed by atoms with Gasteiger partial charge in [-0.2, -0.15) is 0 Å². The lowest BCUT2D eigenvalue weighted by atomic mass is 9.96. The van der Waals surface area contributed by atoms with Gasteiger partial charge in [0.25, 0.3) is 0 Å². The molecule has 20 heavy (non-hydrogen) atoms. The molecule has 1 aromatic rings. The molecule has 0 saturated heterocycles. The largest absolute Gasteiger partial charge is 0.487 e. The van der Waals surface area contributed by atoms with Crippen LogP contribution < -0.4 is 4.74 Å². The molecule has 0 atom stereocenters. The normalized spacial score (nSPS) is 19.3. The van der Waals surface area contributed by atoms with Crippen LogP contribution in [0, 0.1) is 18.7 Å². The second kappa shape index (κ2) is 5.99. The minimum absolute atomic E-state index is 0.166. The van der Waals surface area contributed by atoms with Crippen LogP contribution >= 0.6 is 0 Å². The third-order valence-electron chi connectivity index (χ3n) is 4.42. The van der Waals surface area contributed by atoms with Crippen molar-refractivity contribution in [1.29, 1.82) is 0 Å². The Morgan fingerprint density at radius 2 is 2.05 bits per heavy atom. The van der Waals surface area contributed by atoms with Crippen molar-refractivity contribution in [2.24, 2.45) is 5.92 Å². The molecule has 3 rings (SSSR count). The number of rotatable bonds is 6. The molecule has 0 radical (unpaired) electrons. The Morgan fingerprint density at radius 1 is 1.25 bits per heavy atom. The smallest absolute Gasteiger partial charge is 0.168 e. The molecule has 0 aromatic heterocycles. The van der Waals surface area contributed by atoms with Crippen molar-refractivity contribution in [3.8, 4) is 5.75 Å². The number of hydrogen-bond acceptors (Lipinski definition) is 1. The first-order valence-electron chi connectivity index (χ1n) is 7.85. The Balaban J connectivity index is 1.60. The number of aryl methyl sites for hydroxylation is 1. The van der Waals surface area contributed by atoms with Gasteiger partial charge in [0, 0.05) is 0 Å². The van der Waals surface area contributed by atoms with Gasteiger partial charge in [-0.15, -0.1) is 0 Å². The third-order valence-corrected chi connectivity index (χ3v) is 4.42. The van der Waals surface area contributed by atoms with Crippen molar-refractivity contribution < 1.29 is 9.13 Å². The highest BCUT2D eigenvalue weighted by Crippen LogP contribution is 2.31. The van der Waals surface area contributed by atoms with E-state index in [1.54, 1.807) is 6.07 Å². The van der Waals surface area contributed by atoms with Crippen LogP contribution in [0.3, 0.4) is 0 Å². The molecule has 1 aromatic carbocycles. The van der Waals surface area contributed by atoms with Gasteiger partial charge in [-0.3, -0.25) is 0 Å². The lowest BCUT2D eigenvalue weighted by Crippen LogP contribution is -2.25. The first kappa shape index (κ1) is 13.7. The van der Waals surface area contributed by atoms with E-state index in [1.165, 1.54) is 19.3 Å². The number of allylic oxidation sites excluding steroid dienone is 2. The summed E-state index contributed by atoms with van der Waals surface area (Å²) >= 11 is 0. The van der Waals surface area contributed by atoms with Gasteiger partial charge < -0.3 is 4.74 Å². The van der Waals surface area contributed by atoms with Crippen molar-refractivity contribution in [3.05, 3.63) is 41.2 Å². The Bertz CT molecular complexity index is 498. The number of ether oxygens (including phenoxy) is 1. The highest BCUT2D eigenvalue weighted by molar-refractivity contribution is 5.37. The SMILES string of the molecule is Cc1c(CC/C=C/C2CC2)ccc(OC2CCC2)c1F. The third kappa shape index (κ3) is 3.23. The van der Waals surface area contributed by atoms with Crippen LogP contribution in [0.2, 0.25) is 0 Å². The quantitative estimate of drug-likeness (QED) is 0.666. The van der Waals surface area contributed by atoms with E-state index >= 15 is 0 Å². The first-order valence-corrected chi connectivity index (χ1v) is 7.85. The molecule has 2 aliphatic rings. The predicted octanol–water partition coefficient (Wildman–Crippen LogP) is 4.96. The molecule has 108 valence electrons. The lowest BCUT2D eigenvalue weighted by molar-refractivity contribution is 0.115. The minimum atomic E-state index is -0.166. The maximum atomic E-state index is 14.3. The monoisotopic (exact) mass is 274 g/mol. The molecule has 2 saturated carbocycles. The molecule has 0 aliphatic heterocycles. The van der Waals surface area contributed by atoms with Gasteiger partial charge in [0.15, 0.2) is 11.6 Å². The summed E-state index contributed by atoms with van der Waals surface area (Å²) in [6.07, 6.45) is 12.7. The fourth-order valence-corrected chi connectivity index (χ4v) is 2.55. The van der Waals surface area contributed by atoms with Gasteiger partial charge in [-0.1, -0.05) is 18.2 Å². The fraction of sp³-hybridized carbons (Fsp3) is 0.556. The fourth-order valence-electron chi connectivity index (χ4n) is 2.55. The average Bonchev–Trinajstić information content (AvgIpc) is 3.20. The summed E-state index contributed by atoms with van der Waals surface area (Å²) in [4.78, 5) is 0. The van der Waals surface area contributed by atoms with Crippen molar-refractivity contribution in [2.45, 2.75) is 58.0 Å². The summed E-state index contributed by atoms with van der Waals surface area (Å²) in [5.74, 6) is 1.09. The van der Waals surface area contributed by atoms with Crippen molar-refractivity contribution in [2.75, 3.05) is 0 Å². The zero-order valence-electron chi connectivity index (χ0n) is 12.2. The van der Waals surface area contributed by atoms with Gasteiger partial charge >= 0.3 is 0 Å². The van der Waals surface area contributed by atoms with Crippen molar-refractivity contribution in [1.82, 2.24) is 0 Å². The summed E-state index contributed by atoms with van der Waals surface area (Å²) in [6, 6.07) is 3.83. The van der Waals surface area contributed by atoms with Gasteiger partial charge in [-0.05, 0) is 75.0 Å². The highest BCUT2D eigenvalue weighted by atomic mass is 19.1. The van der Waals surface area contributed by atoms with Crippen LogP contribution in [-0.2, 0) is 6.42 Å². The van der Waals surface area contributed by atoms with Crippen LogP contribution in [0.5, 0.6) is 5.75 Å². The van der Waals surface area contributed by atoms with E-state index in [4.69, 9.17) is 4.74 Å². The molecular weight excluding hydrogens is 251 g/mol. The molecule has 0 unspecified atom stereocenters. The first-order chi connectivity index (χ1) is 9.74. The Labute approximate surface area is 120 Å². The van der Waals surface area contributed by atoms with E-state index in [0.717, 1.165) is 42.7 Å². The maximum absolute atomic E-state index is 14.3. The Kier molecular flexibility index (Phi) is 4.09. The van der Waals surface area contributed by atoms with Gasteiger partial charge in [-0.25, -0.2) is 4.39 Å². The summed E-state index contributed by atoms with van der Waals surface area (Å²) in [5.41, 5.74) is 1.85. The number of hydrogen-bond donors (Lipinski definition) is 0. The molecule has 2 fully saturated rings. The molecule has 0 N–H and O–H groups in total. The average molecular weight is 274 g/mol. The molecule has 2 aliphatic carbocycles. The second-order valence-electron chi connectivity index (χ2n) is 6.14. The maximum Gasteiger partial charge on any atom is 0.168 e. The Hall–Kier alpha value is -1.31. The number of benzene rings is 1. The zero-order valence-corrected chi connectivity index (χ0v) is 12.2. The van der Waals surface area contributed by atoms with Crippen molar-refractivity contribution >= 4 is 0 Å². The number of halogens is 1.